The summed E-state index contributed by atoms with van der Waals surface area (Å²) >= 11 is 0. The summed E-state index contributed by atoms with van der Waals surface area (Å²) in [7, 11) is 0. The second-order valence-corrected chi connectivity index (χ2v) is 6.89. The number of hydrogen-bond donors (Lipinski definition) is 2. The molecule has 0 bridgehead atoms. The van der Waals surface area contributed by atoms with E-state index in [1.165, 1.54) is 12.8 Å². The quantitative estimate of drug-likeness (QED) is 0.802. The molecule has 2 aliphatic rings. The Hall–Kier alpha value is -1.82. The number of furan rings is 1. The highest BCUT2D eigenvalue weighted by atomic mass is 16.4. The second-order valence-electron chi connectivity index (χ2n) is 6.89. The first-order valence-corrected chi connectivity index (χ1v) is 8.26. The van der Waals surface area contributed by atoms with E-state index < -0.39 is 5.97 Å². The van der Waals surface area contributed by atoms with Gasteiger partial charge in [0.2, 0.25) is 0 Å². The number of amides is 1. The first-order valence-electron chi connectivity index (χ1n) is 8.26. The predicted molar refractivity (Wildman–Crippen MR) is 84.4 cm³/mol. The molecule has 3 rings (SSSR count). The van der Waals surface area contributed by atoms with Gasteiger partial charge in [-0.25, -0.2) is 0 Å². The van der Waals surface area contributed by atoms with Crippen molar-refractivity contribution in [3.8, 4) is 0 Å². The number of nitrogens with zero attached hydrogens (tertiary/aromatic N) is 1. The lowest BCUT2D eigenvalue weighted by Gasteiger charge is -2.42. The lowest BCUT2D eigenvalue weighted by Crippen LogP contribution is -2.55. The minimum Gasteiger partial charge on any atom is -0.480 e. The molecule has 0 unspecified atom stereocenters. The molecule has 6 nitrogen and oxygen atoms in total. The van der Waals surface area contributed by atoms with E-state index in [4.69, 9.17) is 9.52 Å². The molecule has 2 N–H and O–H groups in total. The van der Waals surface area contributed by atoms with Gasteiger partial charge in [0.15, 0.2) is 0 Å². The zero-order valence-corrected chi connectivity index (χ0v) is 13.7. The molecule has 126 valence electrons. The smallest absolute Gasteiger partial charge is 0.317 e. The van der Waals surface area contributed by atoms with Crippen LogP contribution >= 0.6 is 0 Å². The molecule has 1 amide bonds. The topological polar surface area (TPSA) is 82.8 Å². The Balaban J connectivity index is 1.50. The number of rotatable bonds is 7. The maximum absolute atomic E-state index is 12.2. The average molecular weight is 320 g/mol. The molecule has 2 fully saturated rings. The molecule has 0 aromatic carbocycles. The molecule has 1 heterocycles. The molecular formula is C17H24N2O4. The lowest BCUT2D eigenvalue weighted by atomic mass is 9.85. The third-order valence-corrected chi connectivity index (χ3v) is 4.78. The monoisotopic (exact) mass is 320 g/mol. The van der Waals surface area contributed by atoms with Gasteiger partial charge in [0.05, 0.1) is 12.1 Å². The van der Waals surface area contributed by atoms with Crippen LogP contribution in [0.25, 0.3) is 0 Å². The number of aliphatic carboxylic acids is 1. The van der Waals surface area contributed by atoms with Gasteiger partial charge >= 0.3 is 5.97 Å². The van der Waals surface area contributed by atoms with Crippen LogP contribution in [0, 0.1) is 19.8 Å². The van der Waals surface area contributed by atoms with E-state index in [9.17, 15) is 9.59 Å². The van der Waals surface area contributed by atoms with Gasteiger partial charge in [-0.2, -0.15) is 0 Å². The zero-order valence-electron chi connectivity index (χ0n) is 13.7. The predicted octanol–water partition coefficient (Wildman–Crippen LogP) is 1.95. The summed E-state index contributed by atoms with van der Waals surface area (Å²) in [5.74, 6) is 1.16. The van der Waals surface area contributed by atoms with Crippen LogP contribution in [0.3, 0.4) is 0 Å². The number of carboxylic acids is 1. The molecule has 1 aromatic rings. The first-order chi connectivity index (χ1) is 10.9. The standard InChI is InChI=1S/C17H24N2O4/c1-10-5-15(11(2)23-10)17(22)18-13-6-14(7-13)19(9-16(20)21)8-12-3-4-12/h5,12-14H,3-4,6-9H2,1-2H3,(H,18,22)(H,20,21). The maximum atomic E-state index is 12.2. The van der Waals surface area contributed by atoms with Crippen molar-refractivity contribution in [3.05, 3.63) is 23.2 Å². The Morgan fingerprint density at radius 1 is 1.35 bits per heavy atom. The molecule has 2 saturated carbocycles. The average Bonchev–Trinajstić information content (AvgIpc) is 3.15. The van der Waals surface area contributed by atoms with E-state index in [1.807, 2.05) is 6.92 Å². The summed E-state index contributed by atoms with van der Waals surface area (Å²) in [6, 6.07) is 2.15. The van der Waals surface area contributed by atoms with E-state index >= 15 is 0 Å². The van der Waals surface area contributed by atoms with Gasteiger partial charge in [0.1, 0.15) is 11.5 Å². The third-order valence-electron chi connectivity index (χ3n) is 4.78. The van der Waals surface area contributed by atoms with Gasteiger partial charge in [-0.05, 0) is 51.5 Å². The van der Waals surface area contributed by atoms with E-state index in [0.717, 1.165) is 25.1 Å². The van der Waals surface area contributed by atoms with E-state index in [-0.39, 0.29) is 24.5 Å². The Morgan fingerprint density at radius 3 is 2.57 bits per heavy atom. The molecule has 0 spiro atoms. The van der Waals surface area contributed by atoms with Gasteiger partial charge in [0, 0.05) is 18.6 Å². The molecule has 6 heteroatoms. The maximum Gasteiger partial charge on any atom is 0.317 e. The first kappa shape index (κ1) is 16.1. The number of carboxylic acid groups (broad SMARTS) is 1. The number of hydrogen-bond acceptors (Lipinski definition) is 4. The van der Waals surface area contributed by atoms with Gasteiger partial charge < -0.3 is 14.8 Å². The molecule has 1 aromatic heterocycles. The SMILES string of the molecule is Cc1cc(C(=O)NC2CC(N(CC(=O)O)CC3CC3)C2)c(C)o1. The van der Waals surface area contributed by atoms with Crippen LogP contribution in [0.15, 0.2) is 10.5 Å². The van der Waals surface area contributed by atoms with Crippen molar-refractivity contribution in [2.75, 3.05) is 13.1 Å². The van der Waals surface area contributed by atoms with Crippen molar-refractivity contribution >= 4 is 11.9 Å². The fraction of sp³-hybridized carbons (Fsp3) is 0.647. The van der Waals surface area contributed by atoms with Crippen LogP contribution < -0.4 is 5.32 Å². The van der Waals surface area contributed by atoms with Gasteiger partial charge in [-0.15, -0.1) is 0 Å². The molecule has 23 heavy (non-hydrogen) atoms. The normalized spacial score (nSPS) is 23.6. The highest BCUT2D eigenvalue weighted by Crippen LogP contribution is 2.33. The summed E-state index contributed by atoms with van der Waals surface area (Å²) < 4.78 is 5.39. The zero-order chi connectivity index (χ0) is 16.6. The summed E-state index contributed by atoms with van der Waals surface area (Å²) in [5, 5.41) is 12.1. The van der Waals surface area contributed by atoms with Gasteiger partial charge in [0.25, 0.3) is 5.91 Å². The molecule has 0 radical (unpaired) electrons. The minimum absolute atomic E-state index is 0.0991. The van der Waals surface area contributed by atoms with Crippen LogP contribution in [0.5, 0.6) is 0 Å². The number of carbonyl (C=O) groups is 2. The van der Waals surface area contributed by atoms with Crippen molar-refractivity contribution in [2.24, 2.45) is 5.92 Å². The fourth-order valence-corrected chi connectivity index (χ4v) is 3.27. The summed E-state index contributed by atoms with van der Waals surface area (Å²) in [4.78, 5) is 25.3. The van der Waals surface area contributed by atoms with Crippen molar-refractivity contribution in [1.29, 1.82) is 0 Å². The summed E-state index contributed by atoms with van der Waals surface area (Å²) in [6.07, 6.45) is 4.06. The van der Waals surface area contributed by atoms with Crippen LogP contribution in [0.2, 0.25) is 0 Å². The van der Waals surface area contributed by atoms with Crippen molar-refractivity contribution < 1.29 is 19.1 Å². The summed E-state index contributed by atoms with van der Waals surface area (Å²) in [6.45, 7) is 4.58. The van der Waals surface area contributed by atoms with Gasteiger partial charge in [-0.1, -0.05) is 0 Å². The molecule has 0 aliphatic heterocycles. The van der Waals surface area contributed by atoms with Crippen molar-refractivity contribution in [3.63, 3.8) is 0 Å². The molecule has 2 aliphatic carbocycles. The third kappa shape index (κ3) is 3.93. The van der Waals surface area contributed by atoms with Crippen molar-refractivity contribution in [2.45, 2.75) is 51.6 Å². The fourth-order valence-electron chi connectivity index (χ4n) is 3.27. The summed E-state index contributed by atoms with van der Waals surface area (Å²) in [5.41, 5.74) is 0.589. The highest BCUT2D eigenvalue weighted by molar-refractivity contribution is 5.95. The Labute approximate surface area is 135 Å². The largest absolute Gasteiger partial charge is 0.480 e. The van der Waals surface area contributed by atoms with E-state index in [1.54, 1.807) is 13.0 Å². The Bertz CT molecular complexity index is 600. The molecule has 0 atom stereocenters. The highest BCUT2D eigenvalue weighted by Gasteiger charge is 2.38. The minimum atomic E-state index is -0.775. The Kier molecular flexibility index (Phi) is 4.43. The number of nitrogens with one attached hydrogen (secondary N) is 1. The van der Waals surface area contributed by atoms with Crippen LogP contribution in [-0.2, 0) is 4.79 Å². The van der Waals surface area contributed by atoms with Crippen molar-refractivity contribution in [1.82, 2.24) is 10.2 Å². The number of carbonyl (C=O) groups excluding carboxylic acids is 1. The van der Waals surface area contributed by atoms with Crippen LogP contribution in [-0.4, -0.2) is 47.1 Å². The van der Waals surface area contributed by atoms with E-state index in [2.05, 4.69) is 10.2 Å². The molecule has 0 saturated heterocycles. The lowest BCUT2D eigenvalue weighted by molar-refractivity contribution is -0.139. The van der Waals surface area contributed by atoms with Crippen LogP contribution in [0.4, 0.5) is 0 Å². The second kappa shape index (κ2) is 6.35. The van der Waals surface area contributed by atoms with Crippen LogP contribution in [0.1, 0.15) is 47.6 Å². The van der Waals surface area contributed by atoms with Gasteiger partial charge in [-0.3, -0.25) is 14.5 Å². The Morgan fingerprint density at radius 2 is 2.04 bits per heavy atom. The van der Waals surface area contributed by atoms with E-state index in [0.29, 0.717) is 17.2 Å². The molecular weight excluding hydrogens is 296 g/mol. The number of aryl methyl sites for hydroxylation is 2.